The van der Waals surface area contributed by atoms with Crippen LogP contribution in [0.3, 0.4) is 0 Å². The molecular weight excluding hydrogens is 346 g/mol. The Morgan fingerprint density at radius 1 is 1.33 bits per heavy atom. The smallest absolute Gasteiger partial charge is 0.320 e. The molecule has 3 N–H and O–H groups in total. The molecule has 0 saturated carbocycles. The number of nitrogens with zero attached hydrogens (tertiary/aromatic N) is 2. The van der Waals surface area contributed by atoms with Crippen molar-refractivity contribution in [2.45, 2.75) is 24.5 Å². The van der Waals surface area contributed by atoms with Crippen LogP contribution in [-0.4, -0.2) is 79.9 Å². The first-order valence-electron chi connectivity index (χ1n) is 9.36. The van der Waals surface area contributed by atoms with E-state index in [0.29, 0.717) is 32.1 Å². The number of rotatable bonds is 3. The van der Waals surface area contributed by atoms with E-state index in [4.69, 9.17) is 10.1 Å². The van der Waals surface area contributed by atoms with Gasteiger partial charge in [-0.2, -0.15) is 0 Å². The van der Waals surface area contributed by atoms with Gasteiger partial charge in [-0.05, 0) is 24.1 Å². The summed E-state index contributed by atoms with van der Waals surface area (Å²) in [6.45, 7) is 2.65. The highest BCUT2D eigenvalue weighted by atomic mass is 16.5. The van der Waals surface area contributed by atoms with Gasteiger partial charge in [-0.25, -0.2) is 4.79 Å². The lowest BCUT2D eigenvalue weighted by atomic mass is 9.90. The van der Waals surface area contributed by atoms with Crippen molar-refractivity contribution in [3.63, 3.8) is 0 Å². The topological polar surface area (TPSA) is 97.8 Å². The molecule has 0 radical (unpaired) electrons. The molecule has 1 unspecified atom stereocenters. The quantitative estimate of drug-likeness (QED) is 0.686. The Hall–Kier alpha value is -2.61. The summed E-state index contributed by atoms with van der Waals surface area (Å²) in [4.78, 5) is 28.0. The van der Waals surface area contributed by atoms with Gasteiger partial charge in [0.1, 0.15) is 6.61 Å². The molecule has 4 rings (SSSR count). The van der Waals surface area contributed by atoms with Crippen molar-refractivity contribution < 1.29 is 14.3 Å². The molecule has 0 aromatic heterocycles. The summed E-state index contributed by atoms with van der Waals surface area (Å²) in [5, 5.41) is 13.6. The number of anilines is 1. The van der Waals surface area contributed by atoms with Gasteiger partial charge < -0.3 is 30.6 Å². The molecule has 144 valence electrons. The monoisotopic (exact) mass is 371 g/mol. The van der Waals surface area contributed by atoms with E-state index < -0.39 is 0 Å². The third-order valence-corrected chi connectivity index (χ3v) is 5.72. The SMILES string of the molecule is CNc1ccc(C2CN(C(=O)N3CC[C@@H]4OCC(=O)NC4C3)C2)cc1C=N. The maximum absolute atomic E-state index is 12.8. The van der Waals surface area contributed by atoms with Crippen LogP contribution in [0.4, 0.5) is 10.5 Å². The number of hydrogen-bond acceptors (Lipinski definition) is 5. The predicted molar refractivity (Wildman–Crippen MR) is 101 cm³/mol. The first-order valence-corrected chi connectivity index (χ1v) is 9.36. The number of nitrogens with one attached hydrogen (secondary N) is 3. The van der Waals surface area contributed by atoms with Gasteiger partial charge in [0.05, 0.1) is 12.1 Å². The lowest BCUT2D eigenvalue weighted by molar-refractivity contribution is -0.139. The van der Waals surface area contributed by atoms with Gasteiger partial charge in [-0.15, -0.1) is 0 Å². The zero-order chi connectivity index (χ0) is 19.0. The van der Waals surface area contributed by atoms with Crippen LogP contribution in [0.5, 0.6) is 0 Å². The Morgan fingerprint density at radius 3 is 2.89 bits per heavy atom. The third kappa shape index (κ3) is 3.37. The minimum Gasteiger partial charge on any atom is -0.388 e. The Bertz CT molecular complexity index is 762. The van der Waals surface area contributed by atoms with Crippen molar-refractivity contribution in [2.24, 2.45) is 0 Å². The van der Waals surface area contributed by atoms with E-state index >= 15 is 0 Å². The van der Waals surface area contributed by atoms with Crippen LogP contribution < -0.4 is 10.6 Å². The number of urea groups is 1. The molecule has 2 atom stereocenters. The second kappa shape index (κ2) is 7.19. The molecule has 27 heavy (non-hydrogen) atoms. The van der Waals surface area contributed by atoms with Gasteiger partial charge in [-0.3, -0.25) is 4.79 Å². The highest BCUT2D eigenvalue weighted by Gasteiger charge is 2.40. The van der Waals surface area contributed by atoms with Gasteiger partial charge in [0.2, 0.25) is 5.91 Å². The molecule has 3 aliphatic heterocycles. The van der Waals surface area contributed by atoms with Gasteiger partial charge in [-0.1, -0.05) is 6.07 Å². The molecule has 3 aliphatic rings. The van der Waals surface area contributed by atoms with E-state index in [9.17, 15) is 9.59 Å². The van der Waals surface area contributed by atoms with Crippen molar-refractivity contribution >= 4 is 23.8 Å². The summed E-state index contributed by atoms with van der Waals surface area (Å²) < 4.78 is 5.55. The molecule has 3 heterocycles. The summed E-state index contributed by atoms with van der Waals surface area (Å²) in [5.74, 6) is 0.190. The van der Waals surface area contributed by atoms with Crippen LogP contribution >= 0.6 is 0 Å². The fraction of sp³-hybridized carbons (Fsp3) is 0.526. The van der Waals surface area contributed by atoms with Gasteiger partial charge in [0.25, 0.3) is 0 Å². The molecule has 0 aliphatic carbocycles. The number of carbonyl (C=O) groups is 2. The first-order chi connectivity index (χ1) is 13.1. The number of hydrogen-bond donors (Lipinski definition) is 3. The maximum Gasteiger partial charge on any atom is 0.320 e. The Kier molecular flexibility index (Phi) is 4.73. The van der Waals surface area contributed by atoms with E-state index in [2.05, 4.69) is 16.7 Å². The zero-order valence-electron chi connectivity index (χ0n) is 15.4. The number of amides is 3. The van der Waals surface area contributed by atoms with E-state index in [1.54, 1.807) is 0 Å². The van der Waals surface area contributed by atoms with Gasteiger partial charge in [0.15, 0.2) is 0 Å². The van der Waals surface area contributed by atoms with Crippen LogP contribution in [0.15, 0.2) is 18.2 Å². The van der Waals surface area contributed by atoms with E-state index in [1.807, 2.05) is 29.0 Å². The van der Waals surface area contributed by atoms with E-state index in [-0.39, 0.29) is 30.7 Å². The van der Waals surface area contributed by atoms with Crippen LogP contribution in [0, 0.1) is 5.41 Å². The summed E-state index contributed by atoms with van der Waals surface area (Å²) in [7, 11) is 1.84. The predicted octanol–water partition coefficient (Wildman–Crippen LogP) is 0.834. The fourth-order valence-electron chi connectivity index (χ4n) is 4.10. The number of benzene rings is 1. The molecule has 0 spiro atoms. The van der Waals surface area contributed by atoms with E-state index in [0.717, 1.165) is 23.2 Å². The minimum absolute atomic E-state index is 0.0149. The number of fused-ring (bicyclic) bond motifs is 1. The Balaban J connectivity index is 1.35. The molecular formula is C19H25N5O3. The van der Waals surface area contributed by atoms with Gasteiger partial charge >= 0.3 is 6.03 Å². The maximum atomic E-state index is 12.8. The molecule has 1 aromatic rings. The number of carbonyl (C=O) groups excluding carboxylic acids is 2. The number of likely N-dealkylation sites (tertiary alicyclic amines) is 2. The van der Waals surface area contributed by atoms with Crippen molar-refractivity contribution in [2.75, 3.05) is 45.2 Å². The van der Waals surface area contributed by atoms with Crippen molar-refractivity contribution in [1.82, 2.24) is 15.1 Å². The second-order valence-electron chi connectivity index (χ2n) is 7.38. The molecule has 8 nitrogen and oxygen atoms in total. The highest BCUT2D eigenvalue weighted by Crippen LogP contribution is 2.31. The third-order valence-electron chi connectivity index (χ3n) is 5.72. The number of ether oxygens (including phenoxy) is 1. The average molecular weight is 371 g/mol. The summed E-state index contributed by atoms with van der Waals surface area (Å²) in [5.41, 5.74) is 2.94. The lowest BCUT2D eigenvalue weighted by Gasteiger charge is -2.46. The zero-order valence-corrected chi connectivity index (χ0v) is 15.4. The molecule has 3 fully saturated rings. The van der Waals surface area contributed by atoms with Crippen LogP contribution in [-0.2, 0) is 9.53 Å². The Morgan fingerprint density at radius 2 is 2.15 bits per heavy atom. The normalized spacial score (nSPS) is 25.3. The Labute approximate surface area is 158 Å². The standard InChI is InChI=1S/C19H25N5O3/c1-21-15-3-2-12(6-13(15)7-20)14-8-24(9-14)19(26)23-5-4-17-16(10-23)22-18(25)11-27-17/h2-3,6-7,14,16-17,20-21H,4-5,8-11H2,1H3,(H,22,25)/t16?,17-/m0/s1. The first kappa shape index (κ1) is 17.8. The van der Waals surface area contributed by atoms with Crippen LogP contribution in [0.1, 0.15) is 23.5 Å². The molecule has 3 amide bonds. The summed E-state index contributed by atoms with van der Waals surface area (Å²) in [6.07, 6.45) is 2.12. The molecule has 3 saturated heterocycles. The average Bonchev–Trinajstić information content (AvgIpc) is 2.65. The van der Waals surface area contributed by atoms with Crippen molar-refractivity contribution in [3.05, 3.63) is 29.3 Å². The van der Waals surface area contributed by atoms with Crippen LogP contribution in [0.25, 0.3) is 0 Å². The molecule has 1 aromatic carbocycles. The fourth-order valence-corrected chi connectivity index (χ4v) is 4.10. The molecule has 0 bridgehead atoms. The molecule has 8 heteroatoms. The van der Waals surface area contributed by atoms with Crippen molar-refractivity contribution in [3.8, 4) is 0 Å². The number of piperidine rings is 1. The minimum atomic E-state index is -0.110. The van der Waals surface area contributed by atoms with Gasteiger partial charge in [0, 0.05) is 56.6 Å². The highest BCUT2D eigenvalue weighted by molar-refractivity contribution is 5.86. The summed E-state index contributed by atoms with van der Waals surface area (Å²) >= 11 is 0. The second-order valence-corrected chi connectivity index (χ2v) is 7.38. The van der Waals surface area contributed by atoms with E-state index in [1.165, 1.54) is 6.21 Å². The summed E-state index contributed by atoms with van der Waals surface area (Å²) in [6, 6.07) is 5.99. The van der Waals surface area contributed by atoms with Crippen LogP contribution in [0.2, 0.25) is 0 Å². The van der Waals surface area contributed by atoms with Crippen molar-refractivity contribution in [1.29, 1.82) is 5.41 Å². The lowest BCUT2D eigenvalue weighted by Crippen LogP contribution is -2.63. The largest absolute Gasteiger partial charge is 0.388 e. The number of morpholine rings is 1.